The molecule has 4 aromatic rings. The maximum Gasteiger partial charge on any atom is 0.317 e. The van der Waals surface area contributed by atoms with Gasteiger partial charge in [-0.15, -0.1) is 0 Å². The topological polar surface area (TPSA) is 148 Å². The van der Waals surface area contributed by atoms with E-state index in [-0.39, 0.29) is 36.0 Å². The number of ether oxygens (including phenoxy) is 2. The van der Waals surface area contributed by atoms with Crippen LogP contribution in [0.1, 0.15) is 116 Å². The van der Waals surface area contributed by atoms with Gasteiger partial charge in [-0.1, -0.05) is 136 Å². The van der Waals surface area contributed by atoms with Crippen LogP contribution in [0.25, 0.3) is 22.3 Å². The highest BCUT2D eigenvalue weighted by Crippen LogP contribution is 2.46. The second-order valence-corrected chi connectivity index (χ2v) is 22.9. The third-order valence-electron chi connectivity index (χ3n) is 15.3. The van der Waals surface area contributed by atoms with Crippen molar-refractivity contribution in [3.63, 3.8) is 0 Å². The Bertz CT molecular complexity index is 2200. The summed E-state index contributed by atoms with van der Waals surface area (Å²) in [5.74, 6) is 0.782. The van der Waals surface area contributed by atoms with Gasteiger partial charge in [-0.3, -0.25) is 0 Å². The summed E-state index contributed by atoms with van der Waals surface area (Å²) in [6.45, 7) is 13.9. The maximum atomic E-state index is 13.4. The average molecular weight is 1090 g/mol. The summed E-state index contributed by atoms with van der Waals surface area (Å²) in [6, 6.07) is 31.7. The van der Waals surface area contributed by atoms with Gasteiger partial charge in [0.2, 0.25) is 0 Å². The lowest BCUT2D eigenvalue weighted by atomic mass is 9.72. The number of benzene rings is 4. The molecule has 12 nitrogen and oxygen atoms in total. The lowest BCUT2D eigenvalue weighted by Gasteiger charge is -2.44. The Morgan fingerprint density at radius 2 is 0.934 bits per heavy atom. The number of likely N-dealkylation sites (N-methyl/N-ethyl adjacent to an activating group) is 2. The zero-order chi connectivity index (χ0) is 55.1. The number of nitrogens with one attached hydrogen (secondary N) is 4. The minimum Gasteiger partial charge on any atom is -0.385 e. The smallest absolute Gasteiger partial charge is 0.317 e. The number of carbonyl (C=O) groups is 2. The van der Waals surface area contributed by atoms with Crippen molar-refractivity contribution in [2.45, 2.75) is 128 Å². The number of hydrogen-bond donors (Lipinski definition) is 6. The molecule has 420 valence electrons. The summed E-state index contributed by atoms with van der Waals surface area (Å²) in [5.41, 5.74) is 3.26. The molecule has 2 fully saturated rings. The molecular weight excluding hydrogens is 996 g/mol. The number of likely N-dealkylation sites (tertiary alicyclic amines) is 2. The zero-order valence-electron chi connectivity index (χ0n) is 47.0. The molecule has 2 heterocycles. The first kappa shape index (κ1) is 62.6. The molecule has 76 heavy (non-hydrogen) atoms. The van der Waals surface area contributed by atoms with E-state index in [4.69, 9.17) is 32.7 Å². The summed E-state index contributed by atoms with van der Waals surface area (Å²) in [7, 11) is 7.24. The van der Waals surface area contributed by atoms with Crippen LogP contribution >= 0.6 is 23.2 Å². The van der Waals surface area contributed by atoms with E-state index in [2.05, 4.69) is 49.0 Å². The van der Waals surface area contributed by atoms with Crippen LogP contribution in [0.3, 0.4) is 0 Å². The van der Waals surface area contributed by atoms with Crippen LogP contribution in [-0.4, -0.2) is 125 Å². The molecule has 0 aliphatic carbocycles. The minimum atomic E-state index is -1.11. The number of unbranched alkanes of at least 4 members (excludes halogenated alkanes) is 2. The number of halogens is 2. The molecular formula is C62H92Cl2N6O6. The van der Waals surface area contributed by atoms with Crippen LogP contribution in [0.4, 0.5) is 9.59 Å². The number of urea groups is 2. The Labute approximate surface area is 466 Å². The van der Waals surface area contributed by atoms with Crippen molar-refractivity contribution in [2.75, 3.05) is 80.8 Å². The number of aliphatic hydroxyl groups is 2. The van der Waals surface area contributed by atoms with Gasteiger partial charge in [-0.25, -0.2) is 9.59 Å². The molecule has 6 atom stereocenters. The van der Waals surface area contributed by atoms with Gasteiger partial charge in [0.1, 0.15) is 0 Å². The summed E-state index contributed by atoms with van der Waals surface area (Å²) >= 11 is 13.2. The van der Waals surface area contributed by atoms with Gasteiger partial charge in [0.25, 0.3) is 0 Å². The van der Waals surface area contributed by atoms with Gasteiger partial charge in [0, 0.05) is 112 Å². The zero-order valence-corrected chi connectivity index (χ0v) is 48.5. The first-order valence-corrected chi connectivity index (χ1v) is 28.9. The Hall–Kier alpha value is -4.24. The Morgan fingerprint density at radius 1 is 0.579 bits per heavy atom. The van der Waals surface area contributed by atoms with Crippen LogP contribution in [0.15, 0.2) is 97.1 Å². The molecule has 4 aromatic carbocycles. The van der Waals surface area contributed by atoms with E-state index in [0.29, 0.717) is 74.1 Å². The quantitative estimate of drug-likeness (QED) is 0.0341. The van der Waals surface area contributed by atoms with Crippen molar-refractivity contribution in [2.24, 2.45) is 23.7 Å². The number of piperidine rings is 2. The minimum absolute atomic E-state index is 0.0447. The van der Waals surface area contributed by atoms with Gasteiger partial charge in [0.15, 0.2) is 0 Å². The van der Waals surface area contributed by atoms with Crippen LogP contribution < -0.4 is 21.3 Å². The summed E-state index contributed by atoms with van der Waals surface area (Å²) < 4.78 is 10.6. The van der Waals surface area contributed by atoms with Crippen LogP contribution in [0.5, 0.6) is 0 Å². The van der Waals surface area contributed by atoms with Crippen LogP contribution in [-0.2, 0) is 20.7 Å². The van der Waals surface area contributed by atoms with Crippen molar-refractivity contribution in [1.82, 2.24) is 31.1 Å². The lowest BCUT2D eigenvalue weighted by molar-refractivity contribution is -0.0563. The molecule has 6 N–H and O–H groups in total. The predicted molar refractivity (Wildman–Crippen MR) is 313 cm³/mol. The number of rotatable bonds is 26. The fourth-order valence-electron chi connectivity index (χ4n) is 11.6. The largest absolute Gasteiger partial charge is 0.385 e. The van der Waals surface area contributed by atoms with Gasteiger partial charge in [0.05, 0.1) is 11.2 Å². The number of nitrogens with zero attached hydrogens (tertiary/aromatic N) is 2. The van der Waals surface area contributed by atoms with E-state index >= 15 is 0 Å². The third-order valence-corrected chi connectivity index (χ3v) is 15.9. The van der Waals surface area contributed by atoms with E-state index in [1.54, 1.807) is 14.2 Å². The normalized spacial score (nSPS) is 18.3. The van der Waals surface area contributed by atoms with E-state index in [0.717, 1.165) is 111 Å². The third kappa shape index (κ3) is 17.9. The number of methoxy groups -OCH3 is 2. The van der Waals surface area contributed by atoms with Crippen LogP contribution in [0, 0.1) is 23.7 Å². The lowest BCUT2D eigenvalue weighted by Crippen LogP contribution is -2.54. The van der Waals surface area contributed by atoms with Crippen molar-refractivity contribution in [3.05, 3.63) is 118 Å². The number of amides is 4. The molecule has 2 saturated heterocycles. The highest BCUT2D eigenvalue weighted by molar-refractivity contribution is 6.33. The molecule has 4 amide bonds. The average Bonchev–Trinajstić information content (AvgIpc) is 3.41. The van der Waals surface area contributed by atoms with Crippen molar-refractivity contribution >= 4 is 35.3 Å². The fraction of sp³-hybridized carbons (Fsp3) is 0.581. The first-order valence-electron chi connectivity index (χ1n) is 28.1. The monoisotopic (exact) mass is 1090 g/mol. The van der Waals surface area contributed by atoms with E-state index in [9.17, 15) is 19.8 Å². The molecule has 14 heteroatoms. The Morgan fingerprint density at radius 3 is 1.28 bits per heavy atom. The van der Waals surface area contributed by atoms with Gasteiger partial charge >= 0.3 is 12.1 Å². The molecule has 2 aliphatic rings. The van der Waals surface area contributed by atoms with E-state index in [1.165, 1.54) is 0 Å². The summed E-state index contributed by atoms with van der Waals surface area (Å²) in [4.78, 5) is 30.6. The molecule has 0 saturated carbocycles. The molecule has 0 aromatic heterocycles. The highest BCUT2D eigenvalue weighted by atomic mass is 35.5. The van der Waals surface area contributed by atoms with Crippen molar-refractivity contribution in [1.29, 1.82) is 0 Å². The van der Waals surface area contributed by atoms with E-state index in [1.807, 2.05) is 121 Å². The SMILES string of the molecule is CNC[C@H](CC(C)C)NC(=O)N1CCCC([C@](O)(CCCCOC)c2ccccc2-c2ccccc2Cl)C1.CNC[C@H](CC(C)C)NC(=O)N1CCC[C@@H]([C@@](O)(CCCCOC)c2ccccc2-c2ccccc2Cl)C1. The molecule has 0 bridgehead atoms. The van der Waals surface area contributed by atoms with Gasteiger partial charge in [-0.2, -0.15) is 0 Å². The van der Waals surface area contributed by atoms with Gasteiger partial charge in [-0.05, 0) is 137 Å². The molecule has 0 radical (unpaired) electrons. The predicted octanol–water partition coefficient (Wildman–Crippen LogP) is 12.1. The Balaban J connectivity index is 0.000000281. The summed E-state index contributed by atoms with van der Waals surface area (Å²) in [5, 5.41) is 39.4. The highest BCUT2D eigenvalue weighted by Gasteiger charge is 2.44. The number of hydrogen-bond acceptors (Lipinski definition) is 8. The Kier molecular flexibility index (Phi) is 26.3. The second-order valence-electron chi connectivity index (χ2n) is 22.0. The number of carbonyl (C=O) groups excluding carboxylic acids is 2. The maximum absolute atomic E-state index is 13.4. The summed E-state index contributed by atoms with van der Waals surface area (Å²) in [6.07, 6.45) is 9.81. The van der Waals surface area contributed by atoms with Crippen molar-refractivity contribution in [3.8, 4) is 22.3 Å². The standard InChI is InChI=1S/2C31H46ClN3O3/c2*1-23(2)20-25(21-33-3)34-30(36)35-18-11-12-24(22-35)31(37,17-9-10-19-38-4)28-15-7-5-13-26(28)27-14-6-8-16-29(27)32/h2*5-8,13-16,23-25,33,37H,9-12,17-22H2,1-4H3,(H,34,36)/t24?,25-,31+;24-,25+,31+/m01/s1. The second kappa shape index (κ2) is 32.0. The van der Waals surface area contributed by atoms with Gasteiger partial charge < -0.3 is 50.8 Å². The molecule has 1 unspecified atom stereocenters. The molecule has 2 aliphatic heterocycles. The fourth-order valence-corrected chi connectivity index (χ4v) is 12.1. The van der Waals surface area contributed by atoms with Crippen molar-refractivity contribution < 1.29 is 29.3 Å². The van der Waals surface area contributed by atoms with Crippen LogP contribution in [0.2, 0.25) is 10.0 Å². The molecule has 6 rings (SSSR count). The van der Waals surface area contributed by atoms with E-state index < -0.39 is 11.2 Å². The first-order chi connectivity index (χ1) is 36.6. The molecule has 0 spiro atoms.